The molecule has 1 aromatic rings. The average Bonchev–Trinajstić information content (AvgIpc) is 2.60. The second kappa shape index (κ2) is 7.63. The Bertz CT molecular complexity index is 870. The summed E-state index contributed by atoms with van der Waals surface area (Å²) in [6.45, 7) is 3.82. The van der Waals surface area contributed by atoms with Crippen LogP contribution in [0.15, 0.2) is 36.2 Å². The van der Waals surface area contributed by atoms with Crippen LogP contribution >= 0.6 is 0 Å². The molecular weight excluding hydrogens is 395 g/mol. The van der Waals surface area contributed by atoms with Crippen LogP contribution in [0.5, 0.6) is 0 Å². The first-order valence-electron chi connectivity index (χ1n) is 8.75. The van der Waals surface area contributed by atoms with Gasteiger partial charge in [-0.2, -0.15) is 25.9 Å². The van der Waals surface area contributed by atoms with Crippen molar-refractivity contribution in [2.75, 3.05) is 37.4 Å². The molecule has 2 aliphatic heterocycles. The summed E-state index contributed by atoms with van der Waals surface area (Å²) in [7, 11) is -3.84. The maximum absolute atomic E-state index is 13.2. The van der Waals surface area contributed by atoms with Gasteiger partial charge in [0.25, 0.3) is 0 Å². The Labute approximate surface area is 162 Å². The second-order valence-electron chi connectivity index (χ2n) is 6.70. The Morgan fingerprint density at radius 3 is 2.39 bits per heavy atom. The highest BCUT2D eigenvalue weighted by Crippen LogP contribution is 2.30. The third-order valence-corrected chi connectivity index (χ3v) is 6.00. The molecule has 0 spiro atoms. The SMILES string of the molecule is Cc1cc(C)nc(NS(=O)(=O)N2CCN(C3=CC=CCN3C(F)(F)F)CC2)c1. The molecule has 0 atom stereocenters. The van der Waals surface area contributed by atoms with E-state index in [9.17, 15) is 21.6 Å². The van der Waals surface area contributed by atoms with E-state index in [4.69, 9.17) is 0 Å². The number of pyridine rings is 1. The molecule has 1 aromatic heterocycles. The van der Waals surface area contributed by atoms with Crippen molar-refractivity contribution in [3.05, 3.63) is 47.4 Å². The van der Waals surface area contributed by atoms with Gasteiger partial charge in [-0.25, -0.2) is 4.98 Å². The summed E-state index contributed by atoms with van der Waals surface area (Å²) >= 11 is 0. The summed E-state index contributed by atoms with van der Waals surface area (Å²) in [4.78, 5) is 6.07. The van der Waals surface area contributed by atoms with E-state index in [1.165, 1.54) is 16.5 Å². The number of hydrogen-bond donors (Lipinski definition) is 1. The molecule has 2 aliphatic rings. The van der Waals surface area contributed by atoms with E-state index in [-0.39, 0.29) is 44.4 Å². The Kier molecular flexibility index (Phi) is 5.57. The van der Waals surface area contributed by atoms with E-state index >= 15 is 0 Å². The molecule has 0 saturated carbocycles. The molecule has 0 unspecified atom stereocenters. The quantitative estimate of drug-likeness (QED) is 0.761. The number of nitrogens with one attached hydrogen (secondary N) is 1. The fraction of sp³-hybridized carbons (Fsp3) is 0.471. The highest BCUT2D eigenvalue weighted by atomic mass is 32.2. The molecule has 0 bridgehead atoms. The lowest BCUT2D eigenvalue weighted by atomic mass is 10.2. The Morgan fingerprint density at radius 2 is 1.79 bits per heavy atom. The molecule has 1 saturated heterocycles. The maximum atomic E-state index is 13.2. The van der Waals surface area contributed by atoms with Crippen LogP contribution in [0, 0.1) is 13.8 Å². The van der Waals surface area contributed by atoms with Crippen molar-refractivity contribution in [3.8, 4) is 0 Å². The van der Waals surface area contributed by atoms with Gasteiger partial charge in [0, 0.05) is 38.4 Å². The number of aromatic nitrogens is 1. The molecule has 0 radical (unpaired) electrons. The van der Waals surface area contributed by atoms with Gasteiger partial charge in [-0.05, 0) is 37.6 Å². The van der Waals surface area contributed by atoms with Gasteiger partial charge in [-0.1, -0.05) is 12.2 Å². The van der Waals surface area contributed by atoms with Gasteiger partial charge in [0.15, 0.2) is 0 Å². The van der Waals surface area contributed by atoms with Crippen molar-refractivity contribution in [3.63, 3.8) is 0 Å². The zero-order valence-corrected chi connectivity index (χ0v) is 16.4. The van der Waals surface area contributed by atoms with Crippen molar-refractivity contribution in [2.24, 2.45) is 0 Å². The number of hydrogen-bond acceptors (Lipinski definition) is 5. The van der Waals surface area contributed by atoms with Crippen LogP contribution in [0.25, 0.3) is 0 Å². The fourth-order valence-electron chi connectivity index (χ4n) is 3.26. The molecule has 0 aliphatic carbocycles. The monoisotopic (exact) mass is 417 g/mol. The zero-order chi connectivity index (χ0) is 20.5. The Hall–Kier alpha value is -2.27. The molecular formula is C17H22F3N5O2S. The number of allylic oxidation sites excluding steroid dienone is 2. The first kappa shape index (κ1) is 20.5. The minimum Gasteiger partial charge on any atom is -0.355 e. The number of alkyl halides is 3. The van der Waals surface area contributed by atoms with Gasteiger partial charge in [0.05, 0.1) is 0 Å². The van der Waals surface area contributed by atoms with Crippen LogP contribution in [0.1, 0.15) is 11.3 Å². The minimum absolute atomic E-state index is 0.0379. The molecule has 0 aromatic carbocycles. The number of nitrogens with zero attached hydrogens (tertiary/aromatic N) is 4. The number of anilines is 1. The summed E-state index contributed by atoms with van der Waals surface area (Å²) in [5, 5.41) is 0. The van der Waals surface area contributed by atoms with Gasteiger partial charge in [0.2, 0.25) is 0 Å². The normalized spacial score (nSPS) is 19.0. The average molecular weight is 417 g/mol. The van der Waals surface area contributed by atoms with Crippen molar-refractivity contribution in [2.45, 2.75) is 20.1 Å². The topological polar surface area (TPSA) is 68.8 Å². The Morgan fingerprint density at radius 1 is 1.11 bits per heavy atom. The van der Waals surface area contributed by atoms with Gasteiger partial charge in [-0.3, -0.25) is 9.62 Å². The molecule has 7 nitrogen and oxygen atoms in total. The summed E-state index contributed by atoms with van der Waals surface area (Å²) in [5.74, 6) is 0.263. The summed E-state index contributed by atoms with van der Waals surface area (Å²) in [5.41, 5.74) is 1.56. The molecule has 3 heterocycles. The lowest BCUT2D eigenvalue weighted by Gasteiger charge is -2.41. The molecule has 3 rings (SSSR count). The lowest BCUT2D eigenvalue weighted by molar-refractivity contribution is -0.236. The van der Waals surface area contributed by atoms with E-state index in [2.05, 4.69) is 9.71 Å². The van der Waals surface area contributed by atoms with Crippen molar-refractivity contribution >= 4 is 16.0 Å². The molecule has 0 amide bonds. The van der Waals surface area contributed by atoms with Crippen LogP contribution in [0.3, 0.4) is 0 Å². The van der Waals surface area contributed by atoms with E-state index < -0.39 is 16.5 Å². The van der Waals surface area contributed by atoms with Crippen LogP contribution in [-0.4, -0.2) is 66.5 Å². The number of aryl methyl sites for hydroxylation is 2. The summed E-state index contributed by atoms with van der Waals surface area (Å²) < 4.78 is 68.6. The van der Waals surface area contributed by atoms with Crippen LogP contribution < -0.4 is 4.72 Å². The van der Waals surface area contributed by atoms with Crippen molar-refractivity contribution < 1.29 is 21.6 Å². The maximum Gasteiger partial charge on any atom is 0.486 e. The van der Waals surface area contributed by atoms with E-state index in [0.717, 1.165) is 5.56 Å². The summed E-state index contributed by atoms with van der Waals surface area (Å²) in [6, 6.07) is 3.45. The predicted octanol–water partition coefficient (Wildman–Crippen LogP) is 2.21. The number of rotatable bonds is 4. The minimum atomic E-state index is -4.49. The second-order valence-corrected chi connectivity index (χ2v) is 8.37. The third-order valence-electron chi connectivity index (χ3n) is 4.49. The summed E-state index contributed by atoms with van der Waals surface area (Å²) in [6.07, 6.45) is -0.0820. The highest BCUT2D eigenvalue weighted by molar-refractivity contribution is 7.90. The number of piperazine rings is 1. The first-order valence-corrected chi connectivity index (χ1v) is 10.2. The van der Waals surface area contributed by atoms with E-state index in [1.54, 1.807) is 24.0 Å². The predicted molar refractivity (Wildman–Crippen MR) is 99.4 cm³/mol. The van der Waals surface area contributed by atoms with Crippen LogP contribution in [0.2, 0.25) is 0 Å². The smallest absolute Gasteiger partial charge is 0.355 e. The standard InChI is InChI=1S/C17H22F3N5O2S/c1-13-11-14(2)21-15(12-13)22-28(26,27)24-9-7-23(8-10-24)16-5-3-4-6-25(16)17(18,19)20/h3-5,11-12H,6-10H2,1-2H3,(H,21,22). The highest BCUT2D eigenvalue weighted by Gasteiger charge is 2.41. The molecule has 1 fully saturated rings. The fourth-order valence-corrected chi connectivity index (χ4v) is 4.40. The zero-order valence-electron chi connectivity index (χ0n) is 15.6. The molecule has 11 heteroatoms. The van der Waals surface area contributed by atoms with Crippen LogP contribution in [-0.2, 0) is 10.2 Å². The van der Waals surface area contributed by atoms with Gasteiger partial charge in [-0.15, -0.1) is 0 Å². The first-order chi connectivity index (χ1) is 13.1. The molecule has 1 N–H and O–H groups in total. The van der Waals surface area contributed by atoms with Crippen molar-refractivity contribution in [1.29, 1.82) is 0 Å². The Balaban J connectivity index is 1.67. The van der Waals surface area contributed by atoms with E-state index in [0.29, 0.717) is 10.6 Å². The van der Waals surface area contributed by atoms with Gasteiger partial charge < -0.3 is 4.90 Å². The van der Waals surface area contributed by atoms with Gasteiger partial charge in [0.1, 0.15) is 11.6 Å². The molecule has 28 heavy (non-hydrogen) atoms. The third kappa shape index (κ3) is 4.58. The number of halogens is 3. The lowest BCUT2D eigenvalue weighted by Crippen LogP contribution is -2.53. The van der Waals surface area contributed by atoms with Crippen LogP contribution in [0.4, 0.5) is 19.0 Å². The van der Waals surface area contributed by atoms with Gasteiger partial charge >= 0.3 is 16.5 Å². The van der Waals surface area contributed by atoms with Crippen molar-refractivity contribution in [1.82, 2.24) is 19.1 Å². The van der Waals surface area contributed by atoms with E-state index in [1.807, 2.05) is 13.0 Å². The molecule has 154 valence electrons. The largest absolute Gasteiger partial charge is 0.486 e.